The number of benzene rings is 2. The van der Waals surface area contributed by atoms with Crippen LogP contribution in [0.25, 0.3) is 11.0 Å². The van der Waals surface area contributed by atoms with E-state index in [1.165, 1.54) is 19.3 Å². The van der Waals surface area contributed by atoms with Gasteiger partial charge in [-0.2, -0.15) is 0 Å². The molecule has 0 saturated heterocycles. The molecule has 0 aliphatic heterocycles. The number of imidazole rings is 1. The van der Waals surface area contributed by atoms with E-state index in [4.69, 9.17) is 10.5 Å². The molecule has 4 unspecified atom stereocenters. The van der Waals surface area contributed by atoms with Gasteiger partial charge in [-0.3, -0.25) is 4.79 Å². The average molecular weight is 515 g/mol. The fourth-order valence-electron chi connectivity index (χ4n) is 7.99. The average Bonchev–Trinajstić information content (AvgIpc) is 3.20. The number of nitrogen functional groups attached to an aromatic ring is 1. The normalized spacial score (nSPS) is 28.6. The first kappa shape index (κ1) is 25.3. The number of carbonyl (C=O) groups excluding carboxylic acids is 1. The van der Waals surface area contributed by atoms with Gasteiger partial charge in [0.25, 0.3) is 0 Å². The molecule has 2 aromatic carbocycles. The van der Waals surface area contributed by atoms with Gasteiger partial charge < -0.3 is 20.4 Å². The molecular weight excluding hydrogens is 472 g/mol. The fraction of sp³-hybridized carbons (Fsp3) is 0.562. The molecule has 3 aliphatic rings. The van der Waals surface area contributed by atoms with Gasteiger partial charge >= 0.3 is 0 Å². The van der Waals surface area contributed by atoms with Crippen LogP contribution in [0.15, 0.2) is 48.5 Å². The van der Waals surface area contributed by atoms with Crippen LogP contribution < -0.4 is 15.8 Å². The van der Waals surface area contributed by atoms with E-state index in [2.05, 4.69) is 42.6 Å². The highest BCUT2D eigenvalue weighted by molar-refractivity contribution is 5.80. The molecule has 1 heterocycles. The molecule has 1 amide bonds. The highest BCUT2D eigenvalue weighted by Crippen LogP contribution is 2.72. The van der Waals surface area contributed by atoms with Crippen LogP contribution in [0.2, 0.25) is 0 Å². The molecule has 5 atom stereocenters. The minimum absolute atomic E-state index is 0.0551. The number of carbonyl (C=O) groups is 1. The Morgan fingerprint density at radius 1 is 1.16 bits per heavy atom. The maximum atomic E-state index is 13.3. The van der Waals surface area contributed by atoms with E-state index in [1.807, 2.05) is 48.5 Å². The van der Waals surface area contributed by atoms with Crippen molar-refractivity contribution in [1.82, 2.24) is 14.9 Å². The number of amides is 1. The van der Waals surface area contributed by atoms with E-state index in [9.17, 15) is 4.79 Å². The van der Waals surface area contributed by atoms with Crippen LogP contribution in [0.4, 0.5) is 5.95 Å². The van der Waals surface area contributed by atoms with E-state index in [0.717, 1.165) is 60.1 Å². The summed E-state index contributed by atoms with van der Waals surface area (Å²) < 4.78 is 8.24. The van der Waals surface area contributed by atoms with Crippen molar-refractivity contribution in [2.24, 2.45) is 22.7 Å². The van der Waals surface area contributed by atoms with Crippen molar-refractivity contribution < 1.29 is 9.53 Å². The number of aromatic nitrogens is 2. The highest BCUT2D eigenvalue weighted by Gasteiger charge is 2.65. The zero-order valence-corrected chi connectivity index (χ0v) is 23.3. The van der Waals surface area contributed by atoms with Gasteiger partial charge in [0, 0.05) is 24.1 Å². The molecular formula is C32H42N4O2. The summed E-state index contributed by atoms with van der Waals surface area (Å²) in [5.74, 6) is 3.91. The third-order valence-corrected chi connectivity index (χ3v) is 9.18. The Morgan fingerprint density at radius 3 is 2.68 bits per heavy atom. The SMILES string of the molecule is CC(C)(C)C[C@H](CCC(=O)NC1(C)CC2CC3CC3(C2)C1)n1c(N)nc2ccc(Oc3ccccc3)cc21. The third-order valence-electron chi connectivity index (χ3n) is 9.18. The molecule has 6 rings (SSSR count). The van der Waals surface area contributed by atoms with Crippen molar-refractivity contribution in [3.8, 4) is 11.5 Å². The van der Waals surface area contributed by atoms with Gasteiger partial charge in [-0.05, 0) is 98.8 Å². The van der Waals surface area contributed by atoms with E-state index in [-0.39, 0.29) is 22.9 Å². The van der Waals surface area contributed by atoms with E-state index >= 15 is 0 Å². The molecule has 38 heavy (non-hydrogen) atoms. The number of nitrogens with one attached hydrogen (secondary N) is 1. The smallest absolute Gasteiger partial charge is 0.220 e. The van der Waals surface area contributed by atoms with Crippen molar-refractivity contribution in [3.05, 3.63) is 48.5 Å². The molecule has 3 aromatic rings. The van der Waals surface area contributed by atoms with E-state index in [0.29, 0.717) is 17.8 Å². The van der Waals surface area contributed by atoms with Gasteiger partial charge in [-0.1, -0.05) is 39.0 Å². The Labute approximate surface area is 226 Å². The summed E-state index contributed by atoms with van der Waals surface area (Å²) >= 11 is 0. The lowest BCUT2D eigenvalue weighted by atomic mass is 9.72. The van der Waals surface area contributed by atoms with Gasteiger partial charge in [0.15, 0.2) is 0 Å². The molecule has 6 heteroatoms. The summed E-state index contributed by atoms with van der Waals surface area (Å²) in [7, 11) is 0. The number of hydrogen-bond acceptors (Lipinski definition) is 4. The second kappa shape index (κ2) is 9.03. The Morgan fingerprint density at radius 2 is 1.95 bits per heavy atom. The molecule has 3 saturated carbocycles. The van der Waals surface area contributed by atoms with Gasteiger partial charge in [0.05, 0.1) is 11.0 Å². The van der Waals surface area contributed by atoms with Crippen LogP contribution >= 0.6 is 0 Å². The van der Waals surface area contributed by atoms with Crippen molar-refractivity contribution in [2.45, 2.75) is 90.6 Å². The summed E-state index contributed by atoms with van der Waals surface area (Å²) in [6, 6.07) is 15.7. The quantitative estimate of drug-likeness (QED) is 0.332. The highest BCUT2D eigenvalue weighted by atomic mass is 16.5. The lowest BCUT2D eigenvalue weighted by Crippen LogP contribution is -2.50. The summed E-state index contributed by atoms with van der Waals surface area (Å²) in [6.45, 7) is 9.00. The molecule has 0 radical (unpaired) electrons. The molecule has 3 N–H and O–H groups in total. The number of nitrogens with two attached hydrogens (primary N) is 1. The number of anilines is 1. The minimum Gasteiger partial charge on any atom is -0.457 e. The number of para-hydroxylation sites is 1. The Kier molecular flexibility index (Phi) is 6.00. The predicted molar refractivity (Wildman–Crippen MR) is 152 cm³/mol. The van der Waals surface area contributed by atoms with E-state index < -0.39 is 0 Å². The van der Waals surface area contributed by atoms with E-state index in [1.54, 1.807) is 0 Å². The van der Waals surface area contributed by atoms with Crippen LogP contribution in [0.5, 0.6) is 11.5 Å². The number of nitrogens with zero attached hydrogens (tertiary/aromatic N) is 2. The lowest BCUT2D eigenvalue weighted by Gasteiger charge is -2.41. The second-order valence-electron chi connectivity index (χ2n) is 13.9. The Bertz CT molecular complexity index is 1340. The summed E-state index contributed by atoms with van der Waals surface area (Å²) in [5.41, 5.74) is 8.86. The van der Waals surface area contributed by atoms with Gasteiger partial charge in [-0.25, -0.2) is 4.98 Å². The number of rotatable bonds is 8. The molecule has 202 valence electrons. The molecule has 1 aromatic heterocycles. The summed E-state index contributed by atoms with van der Waals surface area (Å²) in [4.78, 5) is 18.0. The van der Waals surface area contributed by atoms with Crippen molar-refractivity contribution in [1.29, 1.82) is 0 Å². The summed E-state index contributed by atoms with van der Waals surface area (Å²) in [6.07, 6.45) is 8.52. The van der Waals surface area contributed by atoms with Crippen LogP contribution in [0.1, 0.15) is 85.1 Å². The lowest BCUT2D eigenvalue weighted by molar-refractivity contribution is -0.124. The van der Waals surface area contributed by atoms with Crippen molar-refractivity contribution >= 4 is 22.9 Å². The van der Waals surface area contributed by atoms with Crippen LogP contribution in [0, 0.1) is 22.7 Å². The second-order valence-corrected chi connectivity index (χ2v) is 13.9. The number of hydrogen-bond donors (Lipinski definition) is 2. The topological polar surface area (TPSA) is 82.2 Å². The molecule has 1 spiro atoms. The molecule has 3 fully saturated rings. The van der Waals surface area contributed by atoms with Crippen LogP contribution in [-0.4, -0.2) is 21.0 Å². The van der Waals surface area contributed by atoms with Crippen LogP contribution in [0.3, 0.4) is 0 Å². The fourth-order valence-corrected chi connectivity index (χ4v) is 7.99. The van der Waals surface area contributed by atoms with Gasteiger partial charge in [0.1, 0.15) is 11.5 Å². The monoisotopic (exact) mass is 514 g/mol. The molecule has 6 nitrogen and oxygen atoms in total. The Balaban J connectivity index is 1.21. The van der Waals surface area contributed by atoms with Gasteiger partial charge in [0.2, 0.25) is 11.9 Å². The van der Waals surface area contributed by atoms with Crippen LogP contribution in [-0.2, 0) is 4.79 Å². The largest absolute Gasteiger partial charge is 0.457 e. The van der Waals surface area contributed by atoms with Crippen molar-refractivity contribution in [2.75, 3.05) is 5.73 Å². The maximum absolute atomic E-state index is 13.3. The zero-order valence-electron chi connectivity index (χ0n) is 23.3. The molecule has 3 aliphatic carbocycles. The summed E-state index contributed by atoms with van der Waals surface area (Å²) in [5, 5.41) is 3.48. The van der Waals surface area contributed by atoms with Gasteiger partial charge in [-0.15, -0.1) is 0 Å². The standard InChI is InChI=1S/C32H42N4O2/c1-30(2,3)19-23(10-13-28(37)35-31(4)16-21-14-22-18-32(22,17-21)20-31)36-27-15-25(11-12-26(27)34-29(36)33)38-24-8-6-5-7-9-24/h5-9,11-12,15,21-23H,10,13-14,16-20H2,1-4H3,(H2,33,34)(H,35,37)/t21?,22?,23-,31?,32?/m0/s1. The maximum Gasteiger partial charge on any atom is 0.220 e. The minimum atomic E-state index is -0.0603. The molecule has 2 bridgehead atoms. The first-order valence-electron chi connectivity index (χ1n) is 14.3. The number of ether oxygens (including phenoxy) is 1. The number of fused-ring (bicyclic) bond motifs is 2. The zero-order chi connectivity index (χ0) is 26.7. The Hall–Kier alpha value is -3.02. The first-order chi connectivity index (χ1) is 18.0. The first-order valence-corrected chi connectivity index (χ1v) is 14.3. The predicted octanol–water partition coefficient (Wildman–Crippen LogP) is 7.25. The third kappa shape index (κ3) is 5.02. The van der Waals surface area contributed by atoms with Crippen molar-refractivity contribution in [3.63, 3.8) is 0 Å².